The number of nitrogens with one attached hydrogen (secondary N) is 1. The van der Waals surface area contributed by atoms with Gasteiger partial charge in [0.15, 0.2) is 0 Å². The molecule has 0 heterocycles. The van der Waals surface area contributed by atoms with Crippen LogP contribution in [0.5, 0.6) is 0 Å². The van der Waals surface area contributed by atoms with E-state index in [0.29, 0.717) is 12.5 Å². The second kappa shape index (κ2) is 7.51. The predicted octanol–water partition coefficient (Wildman–Crippen LogP) is 2.53. The lowest BCUT2D eigenvalue weighted by atomic mass is 10.0. The number of hydrogen-bond donors (Lipinski definition) is 2. The Morgan fingerprint density at radius 3 is 2.79 bits per heavy atom. The molecule has 2 rings (SSSR count). The molecule has 3 N–H and O–H groups in total. The number of aryl methyl sites for hydroxylation is 1. The Balaban J connectivity index is 0.00000180. The predicted molar refractivity (Wildman–Crippen MR) is 80.7 cm³/mol. The van der Waals surface area contributed by atoms with Crippen LogP contribution in [0.2, 0.25) is 0 Å². The van der Waals surface area contributed by atoms with Crippen LogP contribution in [-0.4, -0.2) is 18.5 Å². The molecule has 1 aromatic rings. The smallest absolute Gasteiger partial charge is 0.251 e. The molecule has 19 heavy (non-hydrogen) atoms. The highest BCUT2D eigenvalue weighted by Crippen LogP contribution is 2.25. The van der Waals surface area contributed by atoms with Gasteiger partial charge in [-0.25, -0.2) is 0 Å². The van der Waals surface area contributed by atoms with E-state index in [9.17, 15) is 4.79 Å². The molecule has 1 fully saturated rings. The fraction of sp³-hybridized carbons (Fsp3) is 0.533. The standard InChI is InChI=1S/C15H22N2O.ClH/c1-2-11-6-3-4-8-13(11)15(18)17-14-9-5-7-12(14)10-16;/h3-4,6,8,12,14H,2,5,7,9-10,16H2,1H3,(H,17,18);1H. The van der Waals surface area contributed by atoms with E-state index in [2.05, 4.69) is 12.2 Å². The van der Waals surface area contributed by atoms with Crippen molar-refractivity contribution in [3.8, 4) is 0 Å². The molecule has 0 aliphatic heterocycles. The molecule has 3 nitrogen and oxygen atoms in total. The van der Waals surface area contributed by atoms with Gasteiger partial charge in [0.05, 0.1) is 0 Å². The van der Waals surface area contributed by atoms with E-state index in [0.717, 1.165) is 30.4 Å². The third-order valence-corrected chi connectivity index (χ3v) is 3.92. The number of halogens is 1. The van der Waals surface area contributed by atoms with Crippen molar-refractivity contribution in [1.82, 2.24) is 5.32 Å². The quantitative estimate of drug-likeness (QED) is 0.892. The van der Waals surface area contributed by atoms with Gasteiger partial charge in [0.1, 0.15) is 0 Å². The van der Waals surface area contributed by atoms with Gasteiger partial charge in [-0.1, -0.05) is 31.5 Å². The van der Waals surface area contributed by atoms with Gasteiger partial charge in [-0.2, -0.15) is 0 Å². The summed E-state index contributed by atoms with van der Waals surface area (Å²) in [5.74, 6) is 0.500. The third-order valence-electron chi connectivity index (χ3n) is 3.92. The summed E-state index contributed by atoms with van der Waals surface area (Å²) in [6.45, 7) is 2.74. The fourth-order valence-corrected chi connectivity index (χ4v) is 2.81. The first-order valence-electron chi connectivity index (χ1n) is 6.85. The number of carbonyl (C=O) groups is 1. The van der Waals surface area contributed by atoms with Crippen LogP contribution in [0.4, 0.5) is 0 Å². The van der Waals surface area contributed by atoms with Gasteiger partial charge in [-0.3, -0.25) is 4.79 Å². The zero-order valence-electron chi connectivity index (χ0n) is 11.4. The first-order chi connectivity index (χ1) is 8.76. The van der Waals surface area contributed by atoms with E-state index in [1.165, 1.54) is 6.42 Å². The second-order valence-corrected chi connectivity index (χ2v) is 5.02. The second-order valence-electron chi connectivity index (χ2n) is 5.02. The number of amides is 1. The SMILES string of the molecule is CCc1ccccc1C(=O)NC1CCCC1CN.Cl. The van der Waals surface area contributed by atoms with Crippen LogP contribution >= 0.6 is 12.4 Å². The summed E-state index contributed by atoms with van der Waals surface area (Å²) in [5.41, 5.74) is 7.66. The lowest BCUT2D eigenvalue weighted by molar-refractivity contribution is 0.0928. The number of rotatable bonds is 4. The molecular formula is C15H23ClN2O. The van der Waals surface area contributed by atoms with Crippen molar-refractivity contribution in [1.29, 1.82) is 0 Å². The largest absolute Gasteiger partial charge is 0.349 e. The summed E-state index contributed by atoms with van der Waals surface area (Å²) in [7, 11) is 0. The molecule has 0 aromatic heterocycles. The molecule has 0 saturated heterocycles. The van der Waals surface area contributed by atoms with Crippen LogP contribution < -0.4 is 11.1 Å². The molecule has 1 aliphatic carbocycles. The Hall–Kier alpha value is -1.06. The van der Waals surface area contributed by atoms with Gasteiger partial charge < -0.3 is 11.1 Å². The molecule has 0 radical (unpaired) electrons. The normalized spacial score (nSPS) is 21.8. The summed E-state index contributed by atoms with van der Waals surface area (Å²) in [6.07, 6.45) is 4.25. The molecule has 1 aliphatic rings. The average Bonchev–Trinajstić information content (AvgIpc) is 2.85. The Labute approximate surface area is 121 Å². The van der Waals surface area contributed by atoms with Crippen LogP contribution in [-0.2, 0) is 6.42 Å². The first kappa shape index (κ1) is 16.0. The minimum absolute atomic E-state index is 0. The Morgan fingerprint density at radius 2 is 2.11 bits per heavy atom. The van der Waals surface area contributed by atoms with Crippen molar-refractivity contribution < 1.29 is 4.79 Å². The minimum Gasteiger partial charge on any atom is -0.349 e. The van der Waals surface area contributed by atoms with Crippen LogP contribution in [0.25, 0.3) is 0 Å². The van der Waals surface area contributed by atoms with Crippen LogP contribution in [0, 0.1) is 5.92 Å². The molecule has 0 spiro atoms. The van der Waals surface area contributed by atoms with Gasteiger partial charge in [0.25, 0.3) is 5.91 Å². The van der Waals surface area contributed by atoms with Crippen molar-refractivity contribution in [3.63, 3.8) is 0 Å². The van der Waals surface area contributed by atoms with Crippen molar-refractivity contribution in [3.05, 3.63) is 35.4 Å². The summed E-state index contributed by atoms with van der Waals surface area (Å²) < 4.78 is 0. The molecule has 1 saturated carbocycles. The Kier molecular flexibility index (Phi) is 6.32. The van der Waals surface area contributed by atoms with Crippen molar-refractivity contribution in [2.45, 2.75) is 38.6 Å². The maximum Gasteiger partial charge on any atom is 0.251 e. The maximum absolute atomic E-state index is 12.3. The number of benzene rings is 1. The van der Waals surface area contributed by atoms with Crippen molar-refractivity contribution >= 4 is 18.3 Å². The van der Waals surface area contributed by atoms with E-state index in [1.54, 1.807) is 0 Å². The monoisotopic (exact) mass is 282 g/mol. The molecule has 0 bridgehead atoms. The van der Waals surface area contributed by atoms with E-state index < -0.39 is 0 Å². The zero-order valence-corrected chi connectivity index (χ0v) is 12.2. The molecule has 106 valence electrons. The highest BCUT2D eigenvalue weighted by atomic mass is 35.5. The molecular weight excluding hydrogens is 260 g/mol. The Morgan fingerprint density at radius 1 is 1.37 bits per heavy atom. The van der Waals surface area contributed by atoms with E-state index in [1.807, 2.05) is 24.3 Å². The first-order valence-corrected chi connectivity index (χ1v) is 6.85. The fourth-order valence-electron chi connectivity index (χ4n) is 2.81. The van der Waals surface area contributed by atoms with Crippen molar-refractivity contribution in [2.75, 3.05) is 6.54 Å². The summed E-state index contributed by atoms with van der Waals surface area (Å²) >= 11 is 0. The third kappa shape index (κ3) is 3.71. The average molecular weight is 283 g/mol. The van der Waals surface area contributed by atoms with Gasteiger partial charge in [-0.15, -0.1) is 12.4 Å². The lowest BCUT2D eigenvalue weighted by Gasteiger charge is -2.20. The maximum atomic E-state index is 12.3. The molecule has 1 amide bonds. The van der Waals surface area contributed by atoms with Gasteiger partial charge in [0.2, 0.25) is 0 Å². The van der Waals surface area contributed by atoms with Crippen LogP contribution in [0.15, 0.2) is 24.3 Å². The van der Waals surface area contributed by atoms with Gasteiger partial charge >= 0.3 is 0 Å². The summed E-state index contributed by atoms with van der Waals surface area (Å²) in [6, 6.07) is 8.08. The van der Waals surface area contributed by atoms with E-state index >= 15 is 0 Å². The van der Waals surface area contributed by atoms with Crippen molar-refractivity contribution in [2.24, 2.45) is 11.7 Å². The van der Waals surface area contributed by atoms with Crippen LogP contribution in [0.3, 0.4) is 0 Å². The van der Waals surface area contributed by atoms with Gasteiger partial charge in [-0.05, 0) is 43.4 Å². The van der Waals surface area contributed by atoms with Crippen LogP contribution in [0.1, 0.15) is 42.1 Å². The molecule has 4 heteroatoms. The number of nitrogens with two attached hydrogens (primary N) is 1. The Bertz CT molecular complexity index is 422. The molecule has 2 atom stereocenters. The van der Waals surface area contributed by atoms with Gasteiger partial charge in [0, 0.05) is 11.6 Å². The van der Waals surface area contributed by atoms with E-state index in [4.69, 9.17) is 5.73 Å². The lowest BCUT2D eigenvalue weighted by Crippen LogP contribution is -2.40. The summed E-state index contributed by atoms with van der Waals surface area (Å²) in [5, 5.41) is 3.15. The topological polar surface area (TPSA) is 55.1 Å². The number of carbonyl (C=O) groups excluding carboxylic acids is 1. The summed E-state index contributed by atoms with van der Waals surface area (Å²) in [4.78, 5) is 12.3. The number of hydrogen-bond acceptors (Lipinski definition) is 2. The minimum atomic E-state index is 0. The van der Waals surface area contributed by atoms with E-state index in [-0.39, 0.29) is 24.4 Å². The highest BCUT2D eigenvalue weighted by molar-refractivity contribution is 5.95. The highest BCUT2D eigenvalue weighted by Gasteiger charge is 2.27. The molecule has 2 unspecified atom stereocenters. The molecule has 1 aromatic carbocycles. The zero-order chi connectivity index (χ0) is 13.0.